The van der Waals surface area contributed by atoms with Gasteiger partial charge in [0.1, 0.15) is 17.8 Å². The molecule has 2 saturated heterocycles. The van der Waals surface area contributed by atoms with Crippen molar-refractivity contribution >= 4 is 40.3 Å². The largest absolute Gasteiger partial charge is 0.393 e. The van der Waals surface area contributed by atoms with Crippen molar-refractivity contribution in [1.82, 2.24) is 9.97 Å². The molecule has 33 heavy (non-hydrogen) atoms. The van der Waals surface area contributed by atoms with Crippen molar-refractivity contribution in [2.24, 2.45) is 0 Å². The van der Waals surface area contributed by atoms with Gasteiger partial charge in [0.15, 0.2) is 11.6 Å². The number of rotatable bonds is 4. The molecule has 2 aliphatic heterocycles. The minimum Gasteiger partial charge on any atom is -0.393 e. The zero-order chi connectivity index (χ0) is 22.8. The standard InChI is InChI=1S/C24H27ClFN7/c25-18-4-3-5-19(16-18)30-8-12-32(13-9-30)23-22(27)24(29-17-28-23)33-14-10-31(11-15-33)21-7-2-1-6-20(21)26/h1-7,16-17H,8-15,27H2. The first-order valence-electron chi connectivity index (χ1n) is 11.2. The molecule has 2 aliphatic rings. The molecule has 2 N–H and O–H groups in total. The SMILES string of the molecule is Nc1c(N2CCN(c3cccc(Cl)c3)CC2)ncnc1N1CCN(c2ccccc2F)CC1. The number of nitrogens with zero attached hydrogens (tertiary/aromatic N) is 6. The van der Waals surface area contributed by atoms with Gasteiger partial charge < -0.3 is 25.3 Å². The smallest absolute Gasteiger partial charge is 0.157 e. The van der Waals surface area contributed by atoms with E-state index in [0.29, 0.717) is 24.5 Å². The Balaban J connectivity index is 1.25. The number of halogens is 2. The summed E-state index contributed by atoms with van der Waals surface area (Å²) < 4.78 is 14.2. The van der Waals surface area contributed by atoms with Gasteiger partial charge in [-0.25, -0.2) is 14.4 Å². The first-order chi connectivity index (χ1) is 16.1. The summed E-state index contributed by atoms with van der Waals surface area (Å²) in [5.41, 5.74) is 8.95. The molecule has 3 heterocycles. The van der Waals surface area contributed by atoms with Gasteiger partial charge in [-0.15, -0.1) is 0 Å². The maximum atomic E-state index is 14.2. The lowest BCUT2D eigenvalue weighted by atomic mass is 10.2. The highest BCUT2D eigenvalue weighted by Gasteiger charge is 2.26. The highest BCUT2D eigenvalue weighted by Crippen LogP contribution is 2.31. The van der Waals surface area contributed by atoms with E-state index < -0.39 is 0 Å². The van der Waals surface area contributed by atoms with Gasteiger partial charge in [-0.2, -0.15) is 0 Å². The number of piperazine rings is 2. The monoisotopic (exact) mass is 467 g/mol. The van der Waals surface area contributed by atoms with E-state index in [1.54, 1.807) is 12.4 Å². The van der Waals surface area contributed by atoms with E-state index in [0.717, 1.165) is 61.6 Å². The van der Waals surface area contributed by atoms with Gasteiger partial charge in [-0.1, -0.05) is 29.8 Å². The van der Waals surface area contributed by atoms with Crippen LogP contribution in [-0.2, 0) is 0 Å². The van der Waals surface area contributed by atoms with E-state index in [4.69, 9.17) is 17.3 Å². The van der Waals surface area contributed by atoms with Crippen LogP contribution in [0, 0.1) is 5.82 Å². The molecule has 2 fully saturated rings. The molecule has 0 aliphatic carbocycles. The van der Waals surface area contributed by atoms with Crippen molar-refractivity contribution in [3.05, 3.63) is 65.7 Å². The van der Waals surface area contributed by atoms with Gasteiger partial charge in [0, 0.05) is 63.1 Å². The summed E-state index contributed by atoms with van der Waals surface area (Å²) in [6.45, 7) is 6.20. The topological polar surface area (TPSA) is 64.8 Å². The Bertz CT molecular complexity index is 1110. The molecule has 172 valence electrons. The van der Waals surface area contributed by atoms with Gasteiger partial charge in [-0.3, -0.25) is 0 Å². The van der Waals surface area contributed by atoms with Crippen LogP contribution in [-0.4, -0.2) is 62.3 Å². The molecular weight excluding hydrogens is 441 g/mol. The lowest BCUT2D eigenvalue weighted by Gasteiger charge is -2.39. The first kappa shape index (κ1) is 21.6. The molecule has 0 spiro atoms. The maximum absolute atomic E-state index is 14.2. The fraction of sp³-hybridized carbons (Fsp3) is 0.333. The van der Waals surface area contributed by atoms with Gasteiger partial charge in [0.2, 0.25) is 0 Å². The van der Waals surface area contributed by atoms with Gasteiger partial charge in [-0.05, 0) is 30.3 Å². The highest BCUT2D eigenvalue weighted by atomic mass is 35.5. The average Bonchev–Trinajstić information content (AvgIpc) is 2.85. The van der Waals surface area contributed by atoms with Crippen LogP contribution in [0.1, 0.15) is 0 Å². The van der Waals surface area contributed by atoms with Crippen LogP contribution in [0.25, 0.3) is 0 Å². The fourth-order valence-corrected chi connectivity index (χ4v) is 4.78. The van der Waals surface area contributed by atoms with E-state index in [2.05, 4.69) is 35.6 Å². The quantitative estimate of drug-likeness (QED) is 0.630. The summed E-state index contributed by atoms with van der Waals surface area (Å²) >= 11 is 6.16. The zero-order valence-electron chi connectivity index (χ0n) is 18.4. The van der Waals surface area contributed by atoms with E-state index in [1.807, 2.05) is 30.3 Å². The Morgan fingerprint density at radius 3 is 1.91 bits per heavy atom. The molecule has 5 rings (SSSR count). The molecule has 0 radical (unpaired) electrons. The molecule has 0 unspecified atom stereocenters. The van der Waals surface area contributed by atoms with Crippen molar-refractivity contribution in [2.45, 2.75) is 0 Å². The lowest BCUT2D eigenvalue weighted by Crippen LogP contribution is -2.48. The number of para-hydroxylation sites is 1. The molecule has 1 aromatic heterocycles. The second kappa shape index (κ2) is 9.31. The van der Waals surface area contributed by atoms with Crippen LogP contribution < -0.4 is 25.3 Å². The van der Waals surface area contributed by atoms with Gasteiger partial charge >= 0.3 is 0 Å². The molecule has 0 amide bonds. The zero-order valence-corrected chi connectivity index (χ0v) is 19.1. The molecule has 7 nitrogen and oxygen atoms in total. The third-order valence-electron chi connectivity index (χ3n) is 6.37. The lowest BCUT2D eigenvalue weighted by molar-refractivity contribution is 0.596. The predicted octanol–water partition coefficient (Wildman–Crippen LogP) is 3.50. The van der Waals surface area contributed by atoms with Crippen molar-refractivity contribution in [3.63, 3.8) is 0 Å². The maximum Gasteiger partial charge on any atom is 0.157 e. The summed E-state index contributed by atoms with van der Waals surface area (Å²) in [4.78, 5) is 17.8. The molecule has 0 bridgehead atoms. The summed E-state index contributed by atoms with van der Waals surface area (Å²) in [6, 6.07) is 14.9. The van der Waals surface area contributed by atoms with Crippen LogP contribution >= 0.6 is 11.6 Å². The number of nitrogen functional groups attached to an aromatic ring is 1. The molecule has 9 heteroatoms. The summed E-state index contributed by atoms with van der Waals surface area (Å²) in [5.74, 6) is 1.35. The van der Waals surface area contributed by atoms with Crippen molar-refractivity contribution in [3.8, 4) is 0 Å². The number of hydrogen-bond donors (Lipinski definition) is 1. The Morgan fingerprint density at radius 2 is 1.30 bits per heavy atom. The molecule has 2 aromatic carbocycles. The number of hydrogen-bond acceptors (Lipinski definition) is 7. The highest BCUT2D eigenvalue weighted by molar-refractivity contribution is 6.30. The Hall–Kier alpha value is -3.26. The molecule has 0 saturated carbocycles. The minimum atomic E-state index is -0.188. The van der Waals surface area contributed by atoms with E-state index in [9.17, 15) is 4.39 Å². The number of anilines is 5. The van der Waals surface area contributed by atoms with E-state index >= 15 is 0 Å². The molecule has 3 aromatic rings. The molecular formula is C24H27ClFN7. The summed E-state index contributed by atoms with van der Waals surface area (Å²) in [6.07, 6.45) is 1.59. The van der Waals surface area contributed by atoms with Gasteiger partial charge in [0.05, 0.1) is 5.69 Å². The number of benzene rings is 2. The Morgan fingerprint density at radius 1 is 0.727 bits per heavy atom. The fourth-order valence-electron chi connectivity index (χ4n) is 4.60. The first-order valence-corrected chi connectivity index (χ1v) is 11.6. The number of aromatic nitrogens is 2. The minimum absolute atomic E-state index is 0.188. The second-order valence-corrected chi connectivity index (χ2v) is 8.75. The number of nitrogens with two attached hydrogens (primary N) is 1. The van der Waals surface area contributed by atoms with Crippen LogP contribution in [0.4, 0.5) is 33.1 Å². The third kappa shape index (κ3) is 4.48. The molecule has 0 atom stereocenters. The van der Waals surface area contributed by atoms with Crippen molar-refractivity contribution in [1.29, 1.82) is 0 Å². The van der Waals surface area contributed by atoms with Gasteiger partial charge in [0.25, 0.3) is 0 Å². The van der Waals surface area contributed by atoms with Crippen molar-refractivity contribution in [2.75, 3.05) is 77.7 Å². The van der Waals surface area contributed by atoms with E-state index in [1.165, 1.54) is 6.07 Å². The normalized spacial score (nSPS) is 16.9. The van der Waals surface area contributed by atoms with Crippen molar-refractivity contribution < 1.29 is 4.39 Å². The van der Waals surface area contributed by atoms with Crippen LogP contribution in [0.5, 0.6) is 0 Å². The third-order valence-corrected chi connectivity index (χ3v) is 6.60. The predicted molar refractivity (Wildman–Crippen MR) is 133 cm³/mol. The average molecular weight is 468 g/mol. The Kier molecular flexibility index (Phi) is 6.09. The van der Waals surface area contributed by atoms with Crippen LogP contribution in [0.2, 0.25) is 5.02 Å². The summed E-state index contributed by atoms with van der Waals surface area (Å²) in [7, 11) is 0. The summed E-state index contributed by atoms with van der Waals surface area (Å²) in [5, 5.41) is 0.745. The Labute approximate surface area is 198 Å². The second-order valence-electron chi connectivity index (χ2n) is 8.31. The van der Waals surface area contributed by atoms with Crippen LogP contribution in [0.3, 0.4) is 0 Å². The van der Waals surface area contributed by atoms with Crippen LogP contribution in [0.15, 0.2) is 54.9 Å². The van der Waals surface area contributed by atoms with E-state index in [-0.39, 0.29) is 5.82 Å².